The summed E-state index contributed by atoms with van der Waals surface area (Å²) in [6.45, 7) is 3.15. The Kier molecular flexibility index (Phi) is 4.54. The van der Waals surface area contributed by atoms with E-state index < -0.39 is 5.54 Å². The first kappa shape index (κ1) is 12.5. The van der Waals surface area contributed by atoms with Crippen molar-refractivity contribution < 1.29 is 14.3 Å². The van der Waals surface area contributed by atoms with Gasteiger partial charge in [-0.15, -0.1) is 0 Å². The van der Waals surface area contributed by atoms with Crippen LogP contribution in [0.5, 0.6) is 0 Å². The van der Waals surface area contributed by atoms with Gasteiger partial charge in [-0.1, -0.05) is 6.92 Å². The zero-order valence-corrected chi connectivity index (χ0v) is 9.84. The molecule has 1 rings (SSSR count). The molecule has 4 nitrogen and oxygen atoms in total. The van der Waals surface area contributed by atoms with E-state index in [1.807, 2.05) is 0 Å². The van der Waals surface area contributed by atoms with Crippen molar-refractivity contribution in [2.75, 3.05) is 27.4 Å². The first-order valence-corrected chi connectivity index (χ1v) is 5.56. The number of carbonyl (C=O) groups is 1. The van der Waals surface area contributed by atoms with Gasteiger partial charge in [-0.25, -0.2) is 4.79 Å². The molecule has 0 heterocycles. The molecule has 0 bridgehead atoms. The first-order chi connectivity index (χ1) is 7.21. The van der Waals surface area contributed by atoms with Gasteiger partial charge in [0.1, 0.15) is 5.54 Å². The average Bonchev–Trinajstić information content (AvgIpc) is 3.08. The Bertz CT molecular complexity index is 216. The minimum atomic E-state index is -0.621. The minimum Gasteiger partial charge on any atom is -0.468 e. The van der Waals surface area contributed by atoms with Gasteiger partial charge in [-0.2, -0.15) is 0 Å². The SMILES string of the molecule is CCCOCC(NC)(C(=O)OC)C1CC1. The zero-order valence-electron chi connectivity index (χ0n) is 9.84. The lowest BCUT2D eigenvalue weighted by Gasteiger charge is -2.30. The molecule has 0 aliphatic heterocycles. The van der Waals surface area contributed by atoms with Crippen LogP contribution in [0.4, 0.5) is 0 Å². The number of hydrogen-bond donors (Lipinski definition) is 1. The van der Waals surface area contributed by atoms with Gasteiger partial charge >= 0.3 is 5.97 Å². The van der Waals surface area contributed by atoms with Crippen LogP contribution in [0.25, 0.3) is 0 Å². The normalized spacial score (nSPS) is 19.7. The van der Waals surface area contributed by atoms with Crippen LogP contribution in [0.15, 0.2) is 0 Å². The Balaban J connectivity index is 2.61. The maximum atomic E-state index is 11.8. The maximum absolute atomic E-state index is 11.8. The fourth-order valence-corrected chi connectivity index (χ4v) is 1.86. The molecule has 0 spiro atoms. The van der Waals surface area contributed by atoms with Crippen LogP contribution >= 0.6 is 0 Å². The highest BCUT2D eigenvalue weighted by Crippen LogP contribution is 2.40. The monoisotopic (exact) mass is 215 g/mol. The van der Waals surface area contributed by atoms with Gasteiger partial charge in [0.15, 0.2) is 0 Å². The molecule has 0 aromatic carbocycles. The Labute approximate surface area is 91.3 Å². The second-order valence-electron chi connectivity index (χ2n) is 4.04. The van der Waals surface area contributed by atoms with Gasteiger partial charge in [0.05, 0.1) is 13.7 Å². The molecule has 4 heteroatoms. The number of ether oxygens (including phenoxy) is 2. The fraction of sp³-hybridized carbons (Fsp3) is 0.909. The number of nitrogens with one attached hydrogen (secondary N) is 1. The standard InChI is InChI=1S/C11H21NO3/c1-4-7-15-8-11(12-2,9-5-6-9)10(13)14-3/h9,12H,4-8H2,1-3H3. The van der Waals surface area contributed by atoms with Crippen LogP contribution in [-0.2, 0) is 14.3 Å². The molecule has 15 heavy (non-hydrogen) atoms. The fourth-order valence-electron chi connectivity index (χ4n) is 1.86. The largest absolute Gasteiger partial charge is 0.468 e. The number of esters is 1. The van der Waals surface area contributed by atoms with Crippen molar-refractivity contribution in [2.45, 2.75) is 31.7 Å². The lowest BCUT2D eigenvalue weighted by atomic mass is 9.94. The van der Waals surface area contributed by atoms with E-state index in [2.05, 4.69) is 12.2 Å². The van der Waals surface area contributed by atoms with Crippen LogP contribution in [0.3, 0.4) is 0 Å². The summed E-state index contributed by atoms with van der Waals surface area (Å²) >= 11 is 0. The van der Waals surface area contributed by atoms with Gasteiger partial charge in [0.25, 0.3) is 0 Å². The topological polar surface area (TPSA) is 47.6 Å². The third-order valence-electron chi connectivity index (χ3n) is 2.95. The third kappa shape index (κ3) is 2.69. The molecule has 0 amide bonds. The molecule has 1 atom stereocenters. The molecular formula is C11H21NO3. The summed E-state index contributed by atoms with van der Waals surface area (Å²) in [6, 6.07) is 0. The van der Waals surface area contributed by atoms with Crippen LogP contribution in [-0.4, -0.2) is 38.9 Å². The lowest BCUT2D eigenvalue weighted by molar-refractivity contribution is -0.152. The van der Waals surface area contributed by atoms with Crippen LogP contribution in [0.2, 0.25) is 0 Å². The quantitative estimate of drug-likeness (QED) is 0.507. The van der Waals surface area contributed by atoms with E-state index in [1.54, 1.807) is 7.05 Å². The molecule has 1 unspecified atom stereocenters. The highest BCUT2D eigenvalue weighted by atomic mass is 16.5. The Morgan fingerprint density at radius 1 is 1.53 bits per heavy atom. The smallest absolute Gasteiger partial charge is 0.328 e. The molecule has 1 N–H and O–H groups in total. The molecule has 0 aromatic heterocycles. The number of rotatable bonds is 7. The summed E-state index contributed by atoms with van der Waals surface area (Å²) in [7, 11) is 3.22. The highest BCUT2D eigenvalue weighted by molar-refractivity contribution is 5.82. The predicted octanol–water partition coefficient (Wildman–Crippen LogP) is 0.954. The van der Waals surface area contributed by atoms with Crippen molar-refractivity contribution >= 4 is 5.97 Å². The van der Waals surface area contributed by atoms with Gasteiger partial charge in [-0.05, 0) is 32.2 Å². The molecule has 0 radical (unpaired) electrons. The van der Waals surface area contributed by atoms with Crippen molar-refractivity contribution in [1.82, 2.24) is 5.32 Å². The van der Waals surface area contributed by atoms with E-state index >= 15 is 0 Å². The molecule has 0 aromatic rings. The van der Waals surface area contributed by atoms with Crippen molar-refractivity contribution in [3.8, 4) is 0 Å². The van der Waals surface area contributed by atoms with Crippen LogP contribution in [0, 0.1) is 5.92 Å². The Morgan fingerprint density at radius 3 is 2.60 bits per heavy atom. The molecule has 1 aliphatic rings. The average molecular weight is 215 g/mol. The van der Waals surface area contributed by atoms with E-state index in [0.717, 1.165) is 19.3 Å². The molecule has 88 valence electrons. The molecule has 1 fully saturated rings. The van der Waals surface area contributed by atoms with Gasteiger partial charge < -0.3 is 14.8 Å². The molecule has 1 aliphatic carbocycles. The van der Waals surface area contributed by atoms with Crippen molar-refractivity contribution in [3.05, 3.63) is 0 Å². The van der Waals surface area contributed by atoms with Crippen molar-refractivity contribution in [1.29, 1.82) is 0 Å². The van der Waals surface area contributed by atoms with Gasteiger partial charge in [0, 0.05) is 6.61 Å². The summed E-state index contributed by atoms with van der Waals surface area (Å²) in [5.74, 6) is 0.162. The van der Waals surface area contributed by atoms with E-state index in [0.29, 0.717) is 19.1 Å². The van der Waals surface area contributed by atoms with Gasteiger partial charge in [0.2, 0.25) is 0 Å². The summed E-state index contributed by atoms with van der Waals surface area (Å²) in [6.07, 6.45) is 3.11. The second-order valence-corrected chi connectivity index (χ2v) is 4.04. The summed E-state index contributed by atoms with van der Waals surface area (Å²) in [5, 5.41) is 3.09. The summed E-state index contributed by atoms with van der Waals surface area (Å²) in [5.41, 5.74) is -0.621. The molecule has 0 saturated heterocycles. The third-order valence-corrected chi connectivity index (χ3v) is 2.95. The van der Waals surface area contributed by atoms with Crippen LogP contribution in [0.1, 0.15) is 26.2 Å². The number of hydrogen-bond acceptors (Lipinski definition) is 4. The molecular weight excluding hydrogens is 194 g/mol. The summed E-state index contributed by atoms with van der Waals surface area (Å²) in [4.78, 5) is 11.8. The number of methoxy groups -OCH3 is 1. The number of likely N-dealkylation sites (N-methyl/N-ethyl adjacent to an activating group) is 1. The minimum absolute atomic E-state index is 0.205. The van der Waals surface area contributed by atoms with Crippen LogP contribution < -0.4 is 5.32 Å². The highest BCUT2D eigenvalue weighted by Gasteiger charge is 2.51. The molecule has 1 saturated carbocycles. The maximum Gasteiger partial charge on any atom is 0.328 e. The first-order valence-electron chi connectivity index (χ1n) is 5.56. The van der Waals surface area contributed by atoms with E-state index in [-0.39, 0.29) is 5.97 Å². The number of carbonyl (C=O) groups excluding carboxylic acids is 1. The van der Waals surface area contributed by atoms with E-state index in [4.69, 9.17) is 9.47 Å². The van der Waals surface area contributed by atoms with E-state index in [9.17, 15) is 4.79 Å². The van der Waals surface area contributed by atoms with Gasteiger partial charge in [-0.3, -0.25) is 0 Å². The Hall–Kier alpha value is -0.610. The lowest BCUT2D eigenvalue weighted by Crippen LogP contribution is -2.56. The Morgan fingerprint density at radius 2 is 2.20 bits per heavy atom. The van der Waals surface area contributed by atoms with E-state index in [1.165, 1.54) is 7.11 Å². The predicted molar refractivity (Wildman–Crippen MR) is 57.6 cm³/mol. The van der Waals surface area contributed by atoms with Crippen molar-refractivity contribution in [2.24, 2.45) is 5.92 Å². The zero-order chi connectivity index (χ0) is 11.3. The van der Waals surface area contributed by atoms with Crippen molar-refractivity contribution in [3.63, 3.8) is 0 Å². The summed E-state index contributed by atoms with van der Waals surface area (Å²) < 4.78 is 10.4. The second kappa shape index (κ2) is 5.47.